The van der Waals surface area contributed by atoms with Gasteiger partial charge in [-0.15, -0.1) is 11.3 Å². The first kappa shape index (κ1) is 14.1. The smallest absolute Gasteiger partial charge is 0.320 e. The van der Waals surface area contributed by atoms with Crippen LogP contribution in [0.5, 0.6) is 0 Å². The van der Waals surface area contributed by atoms with Crippen molar-refractivity contribution >= 4 is 28.3 Å². The molecule has 1 heterocycles. The minimum absolute atomic E-state index is 0.159. The summed E-state index contributed by atoms with van der Waals surface area (Å²) in [7, 11) is 1.57. The summed E-state index contributed by atoms with van der Waals surface area (Å²) in [6.45, 7) is 0.459. The van der Waals surface area contributed by atoms with Crippen molar-refractivity contribution in [3.63, 3.8) is 0 Å². The Labute approximate surface area is 121 Å². The number of carbonyl (C=O) groups excluding carboxylic acids is 2. The van der Waals surface area contributed by atoms with Gasteiger partial charge in [0, 0.05) is 13.6 Å². The zero-order valence-electron chi connectivity index (χ0n) is 11.0. The van der Waals surface area contributed by atoms with Crippen LogP contribution in [0.2, 0.25) is 0 Å². The average molecular weight is 289 g/mol. The van der Waals surface area contributed by atoms with Gasteiger partial charge in [0.2, 0.25) is 0 Å². The molecular weight excluding hydrogens is 274 g/mol. The number of hydrogen-bond acceptors (Lipinski definition) is 3. The molecule has 0 spiro atoms. The van der Waals surface area contributed by atoms with E-state index in [1.807, 2.05) is 30.3 Å². The molecule has 0 saturated carbocycles. The van der Waals surface area contributed by atoms with Gasteiger partial charge in [-0.3, -0.25) is 10.1 Å². The van der Waals surface area contributed by atoms with Gasteiger partial charge >= 0.3 is 6.03 Å². The summed E-state index contributed by atoms with van der Waals surface area (Å²) < 4.78 is 0. The van der Waals surface area contributed by atoms with E-state index in [9.17, 15) is 9.59 Å². The molecule has 2 aromatic rings. The fourth-order valence-electron chi connectivity index (χ4n) is 1.58. The van der Waals surface area contributed by atoms with Gasteiger partial charge in [-0.1, -0.05) is 30.3 Å². The second kappa shape index (κ2) is 6.72. The highest BCUT2D eigenvalue weighted by molar-refractivity contribution is 7.18. The van der Waals surface area contributed by atoms with Crippen LogP contribution >= 0.6 is 11.3 Å². The molecule has 0 atom stereocenters. The topological polar surface area (TPSA) is 70.2 Å². The number of hydrogen-bond donors (Lipinski definition) is 3. The van der Waals surface area contributed by atoms with E-state index in [0.29, 0.717) is 16.4 Å². The standard InChI is InChI=1S/C14H15N3O2S/c1-15-13(18)11-7-8-12(20-11)17-14(19)16-9-10-5-3-2-4-6-10/h2-8H,9H2,1H3,(H,15,18)(H2,16,17,19). The van der Waals surface area contributed by atoms with Crippen LogP contribution < -0.4 is 16.0 Å². The van der Waals surface area contributed by atoms with Crippen molar-refractivity contribution in [2.75, 3.05) is 12.4 Å². The van der Waals surface area contributed by atoms with Crippen molar-refractivity contribution in [2.45, 2.75) is 6.54 Å². The Kier molecular flexibility index (Phi) is 4.73. The molecule has 0 aliphatic rings. The SMILES string of the molecule is CNC(=O)c1ccc(NC(=O)NCc2ccccc2)s1. The van der Waals surface area contributed by atoms with E-state index < -0.39 is 0 Å². The third-order valence-corrected chi connectivity index (χ3v) is 3.59. The van der Waals surface area contributed by atoms with Crippen LogP contribution in [0.1, 0.15) is 15.2 Å². The first-order valence-corrected chi connectivity index (χ1v) is 6.91. The van der Waals surface area contributed by atoms with Gasteiger partial charge in [0.25, 0.3) is 5.91 Å². The molecule has 5 nitrogen and oxygen atoms in total. The summed E-state index contributed by atoms with van der Waals surface area (Å²) in [5.41, 5.74) is 1.03. The second-order valence-corrected chi connectivity index (χ2v) is 5.12. The lowest BCUT2D eigenvalue weighted by Gasteiger charge is -2.05. The predicted octanol–water partition coefficient (Wildman–Crippen LogP) is 2.43. The average Bonchev–Trinajstić information content (AvgIpc) is 2.94. The maximum Gasteiger partial charge on any atom is 0.320 e. The van der Waals surface area contributed by atoms with Gasteiger partial charge in [-0.05, 0) is 17.7 Å². The molecule has 0 aliphatic heterocycles. The molecule has 104 valence electrons. The van der Waals surface area contributed by atoms with Crippen LogP contribution in [0.3, 0.4) is 0 Å². The fraction of sp³-hybridized carbons (Fsp3) is 0.143. The van der Waals surface area contributed by atoms with E-state index in [4.69, 9.17) is 0 Å². The Hall–Kier alpha value is -2.34. The normalized spacial score (nSPS) is 9.85. The highest BCUT2D eigenvalue weighted by Crippen LogP contribution is 2.21. The van der Waals surface area contributed by atoms with Crippen LogP contribution in [0.15, 0.2) is 42.5 Å². The predicted molar refractivity (Wildman–Crippen MR) is 80.0 cm³/mol. The summed E-state index contributed by atoms with van der Waals surface area (Å²) in [5, 5.41) is 8.63. The molecular formula is C14H15N3O2S. The van der Waals surface area contributed by atoms with Gasteiger partial charge in [0.05, 0.1) is 9.88 Å². The van der Waals surface area contributed by atoms with Crippen LogP contribution in [-0.2, 0) is 6.54 Å². The Balaban J connectivity index is 1.85. The lowest BCUT2D eigenvalue weighted by molar-refractivity contribution is 0.0967. The van der Waals surface area contributed by atoms with Crippen molar-refractivity contribution in [2.24, 2.45) is 0 Å². The lowest BCUT2D eigenvalue weighted by atomic mass is 10.2. The maximum atomic E-state index is 11.7. The van der Waals surface area contributed by atoms with Crippen molar-refractivity contribution in [1.82, 2.24) is 10.6 Å². The molecule has 3 amide bonds. The maximum absolute atomic E-state index is 11.7. The first-order valence-electron chi connectivity index (χ1n) is 6.09. The minimum Gasteiger partial charge on any atom is -0.354 e. The van der Waals surface area contributed by atoms with Crippen molar-refractivity contribution in [1.29, 1.82) is 0 Å². The third-order valence-electron chi connectivity index (χ3n) is 2.59. The number of benzene rings is 1. The highest BCUT2D eigenvalue weighted by Gasteiger charge is 2.09. The van der Waals surface area contributed by atoms with E-state index in [1.54, 1.807) is 19.2 Å². The quantitative estimate of drug-likeness (QED) is 0.809. The minimum atomic E-state index is -0.292. The number of anilines is 1. The largest absolute Gasteiger partial charge is 0.354 e. The molecule has 0 unspecified atom stereocenters. The van der Waals surface area contributed by atoms with E-state index in [1.165, 1.54) is 11.3 Å². The number of urea groups is 1. The molecule has 0 fully saturated rings. The summed E-state index contributed by atoms with van der Waals surface area (Å²) in [5.74, 6) is -0.159. The number of amides is 3. The monoisotopic (exact) mass is 289 g/mol. The fourth-order valence-corrected chi connectivity index (χ4v) is 2.43. The second-order valence-electron chi connectivity index (χ2n) is 4.04. The van der Waals surface area contributed by atoms with E-state index >= 15 is 0 Å². The lowest BCUT2D eigenvalue weighted by Crippen LogP contribution is -2.27. The number of thiophene rings is 1. The van der Waals surface area contributed by atoms with Gasteiger partial charge in [0.1, 0.15) is 0 Å². The molecule has 0 bridgehead atoms. The molecule has 1 aromatic carbocycles. The van der Waals surface area contributed by atoms with Gasteiger partial charge in [-0.2, -0.15) is 0 Å². The van der Waals surface area contributed by atoms with E-state index in [-0.39, 0.29) is 11.9 Å². The summed E-state index contributed by atoms with van der Waals surface area (Å²) in [6.07, 6.45) is 0. The molecule has 1 aromatic heterocycles. The molecule has 0 radical (unpaired) electrons. The Morgan fingerprint density at radius 3 is 2.55 bits per heavy atom. The zero-order chi connectivity index (χ0) is 14.4. The highest BCUT2D eigenvalue weighted by atomic mass is 32.1. The number of nitrogens with one attached hydrogen (secondary N) is 3. The van der Waals surface area contributed by atoms with Crippen LogP contribution in [0.25, 0.3) is 0 Å². The van der Waals surface area contributed by atoms with E-state index in [2.05, 4.69) is 16.0 Å². The molecule has 20 heavy (non-hydrogen) atoms. The first-order chi connectivity index (χ1) is 9.69. The van der Waals surface area contributed by atoms with Gasteiger partial charge in [0.15, 0.2) is 0 Å². The number of rotatable bonds is 4. The number of carbonyl (C=O) groups is 2. The molecule has 6 heteroatoms. The van der Waals surface area contributed by atoms with Crippen molar-refractivity contribution < 1.29 is 9.59 Å². The van der Waals surface area contributed by atoms with Crippen molar-refractivity contribution in [3.05, 3.63) is 52.9 Å². The third kappa shape index (κ3) is 3.83. The van der Waals surface area contributed by atoms with E-state index in [0.717, 1.165) is 5.56 Å². The zero-order valence-corrected chi connectivity index (χ0v) is 11.8. The Morgan fingerprint density at radius 1 is 1.10 bits per heavy atom. The molecule has 3 N–H and O–H groups in total. The van der Waals surface area contributed by atoms with Gasteiger partial charge in [-0.25, -0.2) is 4.79 Å². The molecule has 0 saturated heterocycles. The summed E-state index contributed by atoms with van der Waals surface area (Å²) >= 11 is 1.23. The van der Waals surface area contributed by atoms with Crippen molar-refractivity contribution in [3.8, 4) is 0 Å². The van der Waals surface area contributed by atoms with Crippen LogP contribution in [0, 0.1) is 0 Å². The van der Waals surface area contributed by atoms with Crippen LogP contribution in [-0.4, -0.2) is 19.0 Å². The Bertz CT molecular complexity index is 595. The summed E-state index contributed by atoms with van der Waals surface area (Å²) in [6, 6.07) is 12.7. The summed E-state index contributed by atoms with van der Waals surface area (Å²) in [4.78, 5) is 23.7. The van der Waals surface area contributed by atoms with Gasteiger partial charge < -0.3 is 10.6 Å². The Morgan fingerprint density at radius 2 is 1.85 bits per heavy atom. The van der Waals surface area contributed by atoms with Crippen LogP contribution in [0.4, 0.5) is 9.80 Å². The molecule has 0 aliphatic carbocycles. The molecule has 2 rings (SSSR count).